The van der Waals surface area contributed by atoms with Crippen molar-refractivity contribution in [3.8, 4) is 0 Å². The Kier molecular flexibility index (Phi) is 9.07. The van der Waals surface area contributed by atoms with Gasteiger partial charge in [0, 0.05) is 31.5 Å². The van der Waals surface area contributed by atoms with Gasteiger partial charge in [-0.25, -0.2) is 15.0 Å². The van der Waals surface area contributed by atoms with Crippen LogP contribution in [0.3, 0.4) is 0 Å². The molecule has 2 aliphatic rings. The number of hydrogen-bond donors (Lipinski definition) is 3. The molecule has 5 aromatic rings. The third-order valence-corrected chi connectivity index (χ3v) is 9.18. The molecule has 11 heteroatoms. The van der Waals surface area contributed by atoms with E-state index < -0.39 is 24.5 Å². The van der Waals surface area contributed by atoms with Crippen molar-refractivity contribution in [2.24, 2.45) is 0 Å². The van der Waals surface area contributed by atoms with Crippen molar-refractivity contribution in [3.63, 3.8) is 0 Å². The highest BCUT2D eigenvalue weighted by atomic mass is 16.6. The maximum absolute atomic E-state index is 11.2. The van der Waals surface area contributed by atoms with Crippen LogP contribution in [-0.2, 0) is 17.6 Å². The van der Waals surface area contributed by atoms with Crippen molar-refractivity contribution >= 4 is 17.0 Å². The van der Waals surface area contributed by atoms with Crippen LogP contribution in [0.4, 0.5) is 5.82 Å². The standard InChI is InChI=1S/C35H41N7O4/c1-2-25-20-27(46-40-25)32-30(43)31(44)35(45-32)42-22-37-29-33(38-28(39-34(29)42)16-19-41-17-10-5-11-18-41)36-21-26(23-12-6-3-7-13-23)24-14-8-4-9-15-24/h3-4,6-9,12-15,20,22,26,30-32,35,43-44H,2,5,10-11,16-19,21H2,1H3,(H,36,38,39)/t30-,31+,32+,35+/m0/s1. The van der Waals surface area contributed by atoms with E-state index in [9.17, 15) is 10.2 Å². The maximum atomic E-state index is 11.2. The molecule has 5 heterocycles. The maximum Gasteiger partial charge on any atom is 0.168 e. The van der Waals surface area contributed by atoms with Crippen LogP contribution in [0.15, 0.2) is 77.6 Å². The molecule has 0 bridgehead atoms. The summed E-state index contributed by atoms with van der Waals surface area (Å²) in [7, 11) is 0. The zero-order valence-corrected chi connectivity index (χ0v) is 26.1. The lowest BCUT2D eigenvalue weighted by Crippen LogP contribution is -2.32. The van der Waals surface area contributed by atoms with E-state index in [-0.39, 0.29) is 5.92 Å². The van der Waals surface area contributed by atoms with Gasteiger partial charge in [0.1, 0.15) is 24.1 Å². The van der Waals surface area contributed by atoms with Crippen LogP contribution >= 0.6 is 0 Å². The monoisotopic (exact) mass is 623 g/mol. The Morgan fingerprint density at radius 1 is 0.935 bits per heavy atom. The lowest BCUT2D eigenvalue weighted by molar-refractivity contribution is -0.0434. The lowest BCUT2D eigenvalue weighted by atomic mass is 9.91. The number of piperidine rings is 1. The smallest absolute Gasteiger partial charge is 0.168 e. The zero-order valence-electron chi connectivity index (χ0n) is 26.1. The second-order valence-corrected chi connectivity index (χ2v) is 12.2. The third-order valence-electron chi connectivity index (χ3n) is 9.18. The molecular weight excluding hydrogens is 582 g/mol. The van der Waals surface area contributed by atoms with E-state index in [1.165, 1.54) is 30.4 Å². The predicted octanol–water partition coefficient (Wildman–Crippen LogP) is 4.64. The number of aliphatic hydroxyl groups is 2. The van der Waals surface area contributed by atoms with E-state index >= 15 is 0 Å². The van der Waals surface area contributed by atoms with Crippen LogP contribution in [0.1, 0.15) is 72.8 Å². The number of nitrogens with zero attached hydrogens (tertiary/aromatic N) is 6. The second-order valence-electron chi connectivity index (χ2n) is 12.2. The summed E-state index contributed by atoms with van der Waals surface area (Å²) in [6, 6.07) is 22.6. The van der Waals surface area contributed by atoms with E-state index in [1.807, 2.05) is 19.1 Å². The van der Waals surface area contributed by atoms with Gasteiger partial charge in [-0.1, -0.05) is 79.2 Å². The summed E-state index contributed by atoms with van der Waals surface area (Å²) in [6.07, 6.45) is 2.42. The highest BCUT2D eigenvalue weighted by Gasteiger charge is 2.47. The fourth-order valence-corrected chi connectivity index (χ4v) is 6.57. The molecule has 3 N–H and O–H groups in total. The minimum atomic E-state index is -1.23. The number of likely N-dealkylation sites (tertiary alicyclic amines) is 1. The summed E-state index contributed by atoms with van der Waals surface area (Å²) in [5, 5.41) is 29.8. The molecule has 0 aliphatic carbocycles. The molecule has 2 fully saturated rings. The van der Waals surface area contributed by atoms with Crippen LogP contribution in [-0.4, -0.2) is 78.2 Å². The molecule has 11 nitrogen and oxygen atoms in total. The highest BCUT2D eigenvalue weighted by molar-refractivity contribution is 5.83. The van der Waals surface area contributed by atoms with Crippen LogP contribution in [0, 0.1) is 0 Å². The number of imidazole rings is 1. The van der Waals surface area contributed by atoms with Crippen LogP contribution in [0.2, 0.25) is 0 Å². The van der Waals surface area contributed by atoms with Gasteiger partial charge in [0.2, 0.25) is 0 Å². The SMILES string of the molecule is CCc1cc([C@H]2O[C@@H](n3cnc4c(NCC(c5ccccc5)c5ccccc5)nc(CCN5CCCCC5)nc43)[C@H](O)[C@@H]2O)on1. The van der Waals surface area contributed by atoms with E-state index in [2.05, 4.69) is 63.9 Å². The minimum absolute atomic E-state index is 0.0807. The molecule has 0 amide bonds. The van der Waals surface area contributed by atoms with Gasteiger partial charge in [0.05, 0.1) is 12.0 Å². The quantitative estimate of drug-likeness (QED) is 0.191. The number of aromatic nitrogens is 5. The van der Waals surface area contributed by atoms with Gasteiger partial charge in [-0.05, 0) is 43.5 Å². The average Bonchev–Trinajstić information content (AvgIpc) is 3.83. The largest absolute Gasteiger partial charge is 0.387 e. The van der Waals surface area contributed by atoms with Gasteiger partial charge in [-0.3, -0.25) is 4.57 Å². The van der Waals surface area contributed by atoms with Gasteiger partial charge in [0.25, 0.3) is 0 Å². The number of nitrogens with one attached hydrogen (secondary N) is 1. The first-order valence-electron chi connectivity index (χ1n) is 16.4. The van der Waals surface area contributed by atoms with Crippen molar-refractivity contribution in [2.45, 2.75) is 69.5 Å². The first-order valence-corrected chi connectivity index (χ1v) is 16.4. The molecule has 0 unspecified atom stereocenters. The van der Waals surface area contributed by atoms with Crippen LogP contribution in [0.5, 0.6) is 0 Å². The Labute approximate surface area is 268 Å². The summed E-state index contributed by atoms with van der Waals surface area (Å²) >= 11 is 0. The average molecular weight is 624 g/mol. The van der Waals surface area contributed by atoms with Crippen molar-refractivity contribution in [3.05, 3.63) is 101 Å². The fraction of sp³-hybridized carbons (Fsp3) is 0.429. The normalized spacial score (nSPS) is 22.2. The number of aliphatic hydroxyl groups excluding tert-OH is 2. The number of aryl methyl sites for hydroxylation is 1. The molecular formula is C35H41N7O4. The summed E-state index contributed by atoms with van der Waals surface area (Å²) in [6.45, 7) is 5.60. The highest BCUT2D eigenvalue weighted by Crippen LogP contribution is 2.40. The van der Waals surface area contributed by atoms with Crippen molar-refractivity contribution in [2.75, 3.05) is 31.5 Å². The second kappa shape index (κ2) is 13.7. The molecule has 240 valence electrons. The Morgan fingerprint density at radius 2 is 1.65 bits per heavy atom. The van der Waals surface area contributed by atoms with Crippen LogP contribution in [0.25, 0.3) is 11.2 Å². The topological polar surface area (TPSA) is 135 Å². The summed E-state index contributed by atoms with van der Waals surface area (Å²) in [4.78, 5) is 17.1. The van der Waals surface area contributed by atoms with Crippen molar-refractivity contribution in [1.29, 1.82) is 0 Å². The van der Waals surface area contributed by atoms with Gasteiger partial charge >= 0.3 is 0 Å². The first-order chi connectivity index (χ1) is 22.6. The predicted molar refractivity (Wildman–Crippen MR) is 173 cm³/mol. The molecule has 7 rings (SSSR count). The first kappa shape index (κ1) is 30.5. The molecule has 4 atom stereocenters. The molecule has 0 spiro atoms. The number of benzene rings is 2. The third kappa shape index (κ3) is 6.28. The van der Waals surface area contributed by atoms with E-state index in [0.29, 0.717) is 48.0 Å². The van der Waals surface area contributed by atoms with Crippen molar-refractivity contribution in [1.82, 2.24) is 29.6 Å². The lowest BCUT2D eigenvalue weighted by Gasteiger charge is -2.26. The molecule has 2 aromatic carbocycles. The molecule has 2 aliphatic heterocycles. The summed E-state index contributed by atoms with van der Waals surface area (Å²) in [5.41, 5.74) is 4.25. The number of hydrogen-bond acceptors (Lipinski definition) is 10. The minimum Gasteiger partial charge on any atom is -0.387 e. The number of fused-ring (bicyclic) bond motifs is 1. The molecule has 0 radical (unpaired) electrons. The van der Waals surface area contributed by atoms with Gasteiger partial charge in [0.15, 0.2) is 29.0 Å². The Hall–Kier alpha value is -4.16. The molecule has 3 aromatic heterocycles. The Bertz CT molecular complexity index is 1680. The van der Waals surface area contributed by atoms with Gasteiger partial charge in [-0.15, -0.1) is 0 Å². The van der Waals surface area contributed by atoms with Gasteiger partial charge < -0.3 is 29.7 Å². The fourth-order valence-electron chi connectivity index (χ4n) is 6.57. The Balaban J connectivity index is 1.21. The van der Waals surface area contributed by atoms with Gasteiger partial charge in [-0.2, -0.15) is 0 Å². The number of ether oxygens (including phenoxy) is 1. The van der Waals surface area contributed by atoms with E-state index in [1.54, 1.807) is 17.0 Å². The number of rotatable bonds is 11. The molecule has 0 saturated carbocycles. The van der Waals surface area contributed by atoms with Crippen molar-refractivity contribution < 1.29 is 19.5 Å². The summed E-state index contributed by atoms with van der Waals surface area (Å²) < 4.78 is 13.4. The molecule has 46 heavy (non-hydrogen) atoms. The summed E-state index contributed by atoms with van der Waals surface area (Å²) in [5.74, 6) is 1.77. The van der Waals surface area contributed by atoms with E-state index in [0.717, 1.165) is 25.3 Å². The van der Waals surface area contributed by atoms with Crippen LogP contribution < -0.4 is 5.32 Å². The zero-order chi connectivity index (χ0) is 31.5. The number of anilines is 1. The van der Waals surface area contributed by atoms with E-state index in [4.69, 9.17) is 24.2 Å². The molecule has 2 saturated heterocycles. The Morgan fingerprint density at radius 3 is 2.33 bits per heavy atom.